The molecule has 0 atom stereocenters. The van der Waals surface area contributed by atoms with Crippen molar-refractivity contribution < 1.29 is 0 Å². The Hall–Kier alpha value is -2.20. The zero-order valence-electron chi connectivity index (χ0n) is 8.98. The van der Waals surface area contributed by atoms with Gasteiger partial charge >= 0.3 is 0 Å². The van der Waals surface area contributed by atoms with Crippen molar-refractivity contribution in [3.63, 3.8) is 0 Å². The fraction of sp³-hybridized carbons (Fsp3) is 0.0667. The molecule has 16 heavy (non-hydrogen) atoms. The van der Waals surface area contributed by atoms with Crippen molar-refractivity contribution >= 4 is 5.69 Å². The van der Waals surface area contributed by atoms with Crippen LogP contribution >= 0.6 is 0 Å². The van der Waals surface area contributed by atoms with Gasteiger partial charge in [0.25, 0.3) is 0 Å². The Balaban J connectivity index is 2.31. The van der Waals surface area contributed by atoms with Crippen molar-refractivity contribution in [3.8, 4) is 12.3 Å². The molecule has 0 aliphatic heterocycles. The average Bonchev–Trinajstić information content (AvgIpc) is 2.33. The molecule has 2 aromatic carbocycles. The van der Waals surface area contributed by atoms with E-state index in [4.69, 9.17) is 12.2 Å². The van der Waals surface area contributed by atoms with Crippen LogP contribution in [0.5, 0.6) is 0 Å². The summed E-state index contributed by atoms with van der Waals surface area (Å²) in [5.74, 6) is 2.62. The summed E-state index contributed by atoms with van der Waals surface area (Å²) in [5.41, 5.74) is 9.92. The highest BCUT2D eigenvalue weighted by molar-refractivity contribution is 5.53. The van der Waals surface area contributed by atoms with Crippen LogP contribution in [-0.2, 0) is 6.42 Å². The Labute approximate surface area is 95.9 Å². The normalized spacial score (nSPS) is 9.69. The maximum absolute atomic E-state index is 5.92. The number of terminal acetylenes is 1. The monoisotopic (exact) mass is 207 g/mol. The Morgan fingerprint density at radius 1 is 1.06 bits per heavy atom. The van der Waals surface area contributed by atoms with E-state index < -0.39 is 0 Å². The van der Waals surface area contributed by atoms with E-state index in [0.29, 0.717) is 0 Å². The third-order valence-electron chi connectivity index (χ3n) is 2.55. The first-order valence-corrected chi connectivity index (χ1v) is 5.18. The maximum atomic E-state index is 5.92. The second kappa shape index (κ2) is 4.55. The fourth-order valence-electron chi connectivity index (χ4n) is 1.66. The molecule has 0 fully saturated rings. The van der Waals surface area contributed by atoms with Gasteiger partial charge in [0.1, 0.15) is 0 Å². The van der Waals surface area contributed by atoms with Gasteiger partial charge in [0.2, 0.25) is 0 Å². The number of nitrogens with two attached hydrogens (primary N) is 1. The first-order valence-electron chi connectivity index (χ1n) is 5.18. The highest BCUT2D eigenvalue weighted by Crippen LogP contribution is 2.17. The summed E-state index contributed by atoms with van der Waals surface area (Å²) in [4.78, 5) is 0. The SMILES string of the molecule is C#Cc1ccc(N)c(Cc2ccccc2)c1. The smallest absolute Gasteiger partial charge is 0.0350 e. The van der Waals surface area contributed by atoms with Crippen molar-refractivity contribution in [2.24, 2.45) is 0 Å². The Kier molecular flexibility index (Phi) is 2.93. The van der Waals surface area contributed by atoms with Crippen LogP contribution in [0.3, 0.4) is 0 Å². The van der Waals surface area contributed by atoms with Crippen LogP contribution in [0.4, 0.5) is 5.69 Å². The predicted octanol–water partition coefficient (Wildman–Crippen LogP) is 2.84. The van der Waals surface area contributed by atoms with Crippen molar-refractivity contribution in [2.75, 3.05) is 5.73 Å². The van der Waals surface area contributed by atoms with E-state index in [1.165, 1.54) is 5.56 Å². The Morgan fingerprint density at radius 2 is 1.81 bits per heavy atom. The quantitative estimate of drug-likeness (QED) is 0.594. The summed E-state index contributed by atoms with van der Waals surface area (Å²) in [6.07, 6.45) is 6.19. The van der Waals surface area contributed by atoms with E-state index in [9.17, 15) is 0 Å². The first kappa shape index (κ1) is 10.3. The molecule has 0 unspecified atom stereocenters. The van der Waals surface area contributed by atoms with Gasteiger partial charge in [-0.05, 0) is 35.7 Å². The van der Waals surface area contributed by atoms with Crippen molar-refractivity contribution in [2.45, 2.75) is 6.42 Å². The van der Waals surface area contributed by atoms with Gasteiger partial charge in [0, 0.05) is 11.3 Å². The van der Waals surface area contributed by atoms with E-state index in [-0.39, 0.29) is 0 Å². The Morgan fingerprint density at radius 3 is 2.50 bits per heavy atom. The van der Waals surface area contributed by atoms with Gasteiger partial charge in [0.15, 0.2) is 0 Å². The number of hydrogen-bond acceptors (Lipinski definition) is 1. The summed E-state index contributed by atoms with van der Waals surface area (Å²) in [6, 6.07) is 15.9. The standard InChI is InChI=1S/C15H13N/c1-2-12-8-9-15(16)14(10-12)11-13-6-4-3-5-7-13/h1,3-10H,11,16H2. The molecule has 0 aromatic heterocycles. The molecule has 78 valence electrons. The summed E-state index contributed by atoms with van der Waals surface area (Å²) in [7, 11) is 0. The molecule has 2 aromatic rings. The number of rotatable bonds is 2. The molecule has 0 bridgehead atoms. The van der Waals surface area contributed by atoms with E-state index in [2.05, 4.69) is 18.1 Å². The fourth-order valence-corrected chi connectivity index (χ4v) is 1.66. The maximum Gasteiger partial charge on any atom is 0.0350 e. The molecule has 0 aliphatic rings. The second-order valence-corrected chi connectivity index (χ2v) is 3.72. The minimum atomic E-state index is 0.794. The molecule has 0 saturated carbocycles. The third-order valence-corrected chi connectivity index (χ3v) is 2.55. The summed E-state index contributed by atoms with van der Waals surface area (Å²) in [5, 5.41) is 0. The van der Waals surface area contributed by atoms with E-state index in [1.54, 1.807) is 0 Å². The zero-order chi connectivity index (χ0) is 11.4. The Bertz CT molecular complexity index is 521. The van der Waals surface area contributed by atoms with E-state index >= 15 is 0 Å². The van der Waals surface area contributed by atoms with Gasteiger partial charge in [-0.3, -0.25) is 0 Å². The molecule has 2 N–H and O–H groups in total. The van der Waals surface area contributed by atoms with Gasteiger partial charge in [-0.1, -0.05) is 36.3 Å². The van der Waals surface area contributed by atoms with Crippen molar-refractivity contribution in [1.82, 2.24) is 0 Å². The minimum absolute atomic E-state index is 0.794. The predicted molar refractivity (Wildman–Crippen MR) is 68.0 cm³/mol. The van der Waals surface area contributed by atoms with Crippen molar-refractivity contribution in [1.29, 1.82) is 0 Å². The molecular weight excluding hydrogens is 194 g/mol. The molecule has 0 spiro atoms. The van der Waals surface area contributed by atoms with Gasteiger partial charge < -0.3 is 5.73 Å². The lowest BCUT2D eigenvalue weighted by Crippen LogP contribution is -1.96. The van der Waals surface area contributed by atoms with E-state index in [1.807, 2.05) is 36.4 Å². The second-order valence-electron chi connectivity index (χ2n) is 3.72. The molecule has 2 rings (SSSR count). The van der Waals surface area contributed by atoms with Gasteiger partial charge in [-0.2, -0.15) is 0 Å². The lowest BCUT2D eigenvalue weighted by atomic mass is 10.0. The minimum Gasteiger partial charge on any atom is -0.398 e. The van der Waals surface area contributed by atoms with Crippen LogP contribution in [0.2, 0.25) is 0 Å². The summed E-state index contributed by atoms with van der Waals surface area (Å²) in [6.45, 7) is 0. The third kappa shape index (κ3) is 2.24. The van der Waals surface area contributed by atoms with Crippen LogP contribution in [0.15, 0.2) is 48.5 Å². The van der Waals surface area contributed by atoms with Crippen LogP contribution < -0.4 is 5.73 Å². The number of benzene rings is 2. The molecule has 1 heteroatoms. The highest BCUT2D eigenvalue weighted by atomic mass is 14.6. The highest BCUT2D eigenvalue weighted by Gasteiger charge is 2.01. The molecular formula is C15H13N. The lowest BCUT2D eigenvalue weighted by molar-refractivity contribution is 1.19. The van der Waals surface area contributed by atoms with Crippen LogP contribution in [-0.4, -0.2) is 0 Å². The molecule has 0 heterocycles. The van der Waals surface area contributed by atoms with Gasteiger partial charge in [0.05, 0.1) is 0 Å². The van der Waals surface area contributed by atoms with Crippen molar-refractivity contribution in [3.05, 3.63) is 65.2 Å². The first-order chi connectivity index (χ1) is 7.79. The van der Waals surface area contributed by atoms with Crippen LogP contribution in [0.25, 0.3) is 0 Å². The molecule has 0 aliphatic carbocycles. The largest absolute Gasteiger partial charge is 0.398 e. The molecule has 1 nitrogen and oxygen atoms in total. The number of nitrogen functional groups attached to an aromatic ring is 1. The molecule has 0 amide bonds. The summed E-state index contributed by atoms with van der Waals surface area (Å²) >= 11 is 0. The lowest BCUT2D eigenvalue weighted by Gasteiger charge is -2.06. The van der Waals surface area contributed by atoms with Crippen LogP contribution in [0, 0.1) is 12.3 Å². The molecule has 0 radical (unpaired) electrons. The average molecular weight is 207 g/mol. The number of hydrogen-bond donors (Lipinski definition) is 1. The molecule has 0 saturated heterocycles. The topological polar surface area (TPSA) is 26.0 Å². The van der Waals surface area contributed by atoms with Gasteiger partial charge in [-0.15, -0.1) is 6.42 Å². The van der Waals surface area contributed by atoms with Crippen LogP contribution in [0.1, 0.15) is 16.7 Å². The zero-order valence-corrected chi connectivity index (χ0v) is 8.98. The number of anilines is 1. The van der Waals surface area contributed by atoms with E-state index in [0.717, 1.165) is 23.2 Å². The van der Waals surface area contributed by atoms with Gasteiger partial charge in [-0.25, -0.2) is 0 Å². The summed E-state index contributed by atoms with van der Waals surface area (Å²) < 4.78 is 0.